The van der Waals surface area contributed by atoms with E-state index in [1.807, 2.05) is 6.92 Å². The molecule has 3 unspecified atom stereocenters. The van der Waals surface area contributed by atoms with Crippen molar-refractivity contribution in [2.75, 3.05) is 11.4 Å². The molecule has 2 aliphatic rings. The molecule has 0 aromatic heterocycles. The van der Waals surface area contributed by atoms with E-state index in [1.165, 1.54) is 6.92 Å². The number of sulfonamides is 1. The van der Waals surface area contributed by atoms with Crippen LogP contribution in [-0.2, 0) is 21.2 Å². The minimum Gasteiger partial charge on any atom is -0.314 e. The number of benzene rings is 1. The maximum atomic E-state index is 12.7. The molecule has 2 N–H and O–H groups in total. The van der Waals surface area contributed by atoms with E-state index in [9.17, 15) is 13.2 Å². The van der Waals surface area contributed by atoms with Gasteiger partial charge < -0.3 is 10.2 Å². The predicted molar refractivity (Wildman–Crippen MR) is 93.6 cm³/mol. The number of carbonyl (C=O) groups is 1. The van der Waals surface area contributed by atoms with Gasteiger partial charge in [-0.15, -0.1) is 0 Å². The molecule has 24 heavy (non-hydrogen) atoms. The van der Waals surface area contributed by atoms with Crippen molar-refractivity contribution in [3.05, 3.63) is 23.8 Å². The first-order valence-corrected chi connectivity index (χ1v) is 9.94. The molecule has 1 aromatic carbocycles. The van der Waals surface area contributed by atoms with Gasteiger partial charge in [0.25, 0.3) is 0 Å². The van der Waals surface area contributed by atoms with Crippen LogP contribution in [0.1, 0.15) is 39.2 Å². The van der Waals surface area contributed by atoms with Gasteiger partial charge in [0.05, 0.1) is 4.90 Å². The van der Waals surface area contributed by atoms with Crippen molar-refractivity contribution in [1.29, 1.82) is 0 Å². The van der Waals surface area contributed by atoms with Crippen LogP contribution in [0.15, 0.2) is 23.1 Å². The van der Waals surface area contributed by atoms with Gasteiger partial charge in [0.15, 0.2) is 0 Å². The van der Waals surface area contributed by atoms with E-state index in [-0.39, 0.29) is 22.9 Å². The largest absolute Gasteiger partial charge is 0.314 e. The monoisotopic (exact) mass is 351 g/mol. The van der Waals surface area contributed by atoms with Crippen molar-refractivity contribution in [2.24, 2.45) is 0 Å². The van der Waals surface area contributed by atoms with Crippen LogP contribution in [0, 0.1) is 0 Å². The van der Waals surface area contributed by atoms with Gasteiger partial charge in [0, 0.05) is 30.7 Å². The van der Waals surface area contributed by atoms with Gasteiger partial charge in [-0.25, -0.2) is 13.1 Å². The lowest BCUT2D eigenvalue weighted by Gasteiger charge is -2.28. The Balaban J connectivity index is 1.83. The average molecular weight is 351 g/mol. The lowest BCUT2D eigenvalue weighted by molar-refractivity contribution is -0.116. The predicted octanol–water partition coefficient (Wildman–Crippen LogP) is 1.40. The smallest absolute Gasteiger partial charge is 0.240 e. The number of rotatable bonds is 3. The van der Waals surface area contributed by atoms with E-state index < -0.39 is 10.0 Å². The number of nitrogens with zero attached hydrogens (tertiary/aromatic N) is 1. The zero-order valence-corrected chi connectivity index (χ0v) is 15.2. The van der Waals surface area contributed by atoms with Crippen molar-refractivity contribution in [3.63, 3.8) is 0 Å². The number of hydrogen-bond acceptors (Lipinski definition) is 4. The third-order valence-corrected chi connectivity index (χ3v) is 6.38. The standard InChI is InChI=1S/C17H25N3O3S/c1-11-8-15(6-7-18-11)19-24(22,23)16-4-5-17-14(10-16)9-12(2)20(17)13(3)21/h4-5,10-12,15,18-19H,6-9H2,1-3H3. The summed E-state index contributed by atoms with van der Waals surface area (Å²) >= 11 is 0. The van der Waals surface area contributed by atoms with Gasteiger partial charge in [-0.2, -0.15) is 0 Å². The fraction of sp³-hybridized carbons (Fsp3) is 0.588. The number of hydrogen-bond donors (Lipinski definition) is 2. The van der Waals surface area contributed by atoms with Gasteiger partial charge in [0.2, 0.25) is 15.9 Å². The second-order valence-electron chi connectivity index (χ2n) is 6.93. The van der Waals surface area contributed by atoms with Crippen LogP contribution in [0.5, 0.6) is 0 Å². The molecule has 1 amide bonds. The summed E-state index contributed by atoms with van der Waals surface area (Å²) in [6.07, 6.45) is 2.27. The van der Waals surface area contributed by atoms with Gasteiger partial charge in [-0.05, 0) is 63.4 Å². The summed E-state index contributed by atoms with van der Waals surface area (Å²) in [5, 5.41) is 3.32. The molecule has 7 heteroatoms. The Bertz CT molecular complexity index is 747. The van der Waals surface area contributed by atoms with Crippen LogP contribution in [-0.4, -0.2) is 39.0 Å². The molecule has 3 atom stereocenters. The molecule has 0 aliphatic carbocycles. The molecule has 0 bridgehead atoms. The minimum absolute atomic E-state index is 0.0151. The number of carbonyl (C=O) groups excluding carboxylic acids is 1. The van der Waals surface area contributed by atoms with E-state index in [1.54, 1.807) is 23.1 Å². The topological polar surface area (TPSA) is 78.5 Å². The Hall–Kier alpha value is -1.44. The molecule has 6 nitrogen and oxygen atoms in total. The fourth-order valence-corrected chi connectivity index (χ4v) is 5.11. The summed E-state index contributed by atoms with van der Waals surface area (Å²) in [6.45, 7) is 6.40. The summed E-state index contributed by atoms with van der Waals surface area (Å²) in [6, 6.07) is 5.40. The van der Waals surface area contributed by atoms with Gasteiger partial charge in [-0.3, -0.25) is 4.79 Å². The van der Waals surface area contributed by atoms with Crippen molar-refractivity contribution in [2.45, 2.75) is 63.1 Å². The first kappa shape index (κ1) is 17.4. The lowest BCUT2D eigenvalue weighted by Crippen LogP contribution is -2.46. The molecule has 1 fully saturated rings. The highest BCUT2D eigenvalue weighted by Gasteiger charge is 2.31. The first-order chi connectivity index (χ1) is 11.3. The van der Waals surface area contributed by atoms with Crippen molar-refractivity contribution in [1.82, 2.24) is 10.0 Å². The van der Waals surface area contributed by atoms with E-state index >= 15 is 0 Å². The van der Waals surface area contributed by atoms with Gasteiger partial charge >= 0.3 is 0 Å². The SMILES string of the molecule is CC(=O)N1c2ccc(S(=O)(=O)NC3CCNC(C)C3)cc2CC1C. The molecule has 2 heterocycles. The van der Waals surface area contributed by atoms with Crippen LogP contribution in [0.3, 0.4) is 0 Å². The van der Waals surface area contributed by atoms with Gasteiger partial charge in [0.1, 0.15) is 0 Å². The molecule has 0 saturated carbocycles. The fourth-order valence-electron chi connectivity index (χ4n) is 3.78. The van der Waals surface area contributed by atoms with Crippen molar-refractivity contribution < 1.29 is 13.2 Å². The van der Waals surface area contributed by atoms with Crippen molar-refractivity contribution >= 4 is 21.6 Å². The molecule has 2 aliphatic heterocycles. The highest BCUT2D eigenvalue weighted by Crippen LogP contribution is 2.34. The summed E-state index contributed by atoms with van der Waals surface area (Å²) in [7, 11) is -3.54. The Labute approximate surface area is 143 Å². The van der Waals surface area contributed by atoms with E-state index in [0.717, 1.165) is 30.6 Å². The third kappa shape index (κ3) is 3.34. The molecule has 1 aromatic rings. The van der Waals surface area contributed by atoms with E-state index in [2.05, 4.69) is 17.0 Å². The third-order valence-electron chi connectivity index (χ3n) is 4.86. The second kappa shape index (κ2) is 6.46. The number of fused-ring (bicyclic) bond motifs is 1. The van der Waals surface area contributed by atoms with Crippen LogP contribution in [0.2, 0.25) is 0 Å². The van der Waals surface area contributed by atoms with Gasteiger partial charge in [-0.1, -0.05) is 0 Å². The molecule has 0 spiro atoms. The summed E-state index contributed by atoms with van der Waals surface area (Å²) in [5.74, 6) is -0.0151. The first-order valence-electron chi connectivity index (χ1n) is 8.46. The van der Waals surface area contributed by atoms with Crippen molar-refractivity contribution in [3.8, 4) is 0 Å². The molecule has 1 saturated heterocycles. The number of piperidine rings is 1. The maximum absolute atomic E-state index is 12.7. The normalized spacial score (nSPS) is 27.1. The summed E-state index contributed by atoms with van der Waals surface area (Å²) in [5.41, 5.74) is 1.74. The Morgan fingerprint density at radius 3 is 2.75 bits per heavy atom. The second-order valence-corrected chi connectivity index (χ2v) is 8.64. The highest BCUT2D eigenvalue weighted by molar-refractivity contribution is 7.89. The summed E-state index contributed by atoms with van der Waals surface area (Å²) in [4.78, 5) is 13.8. The van der Waals surface area contributed by atoms with Crippen LogP contribution < -0.4 is 14.9 Å². The molecule has 3 rings (SSSR count). The minimum atomic E-state index is -3.54. The van der Waals surface area contributed by atoms with Crippen LogP contribution >= 0.6 is 0 Å². The Kier molecular flexibility index (Phi) is 4.68. The molecular formula is C17H25N3O3S. The Morgan fingerprint density at radius 1 is 1.33 bits per heavy atom. The zero-order chi connectivity index (χ0) is 17.5. The zero-order valence-electron chi connectivity index (χ0n) is 14.4. The van der Waals surface area contributed by atoms with E-state index in [0.29, 0.717) is 12.5 Å². The van der Waals surface area contributed by atoms with Crippen LogP contribution in [0.4, 0.5) is 5.69 Å². The van der Waals surface area contributed by atoms with Crippen LogP contribution in [0.25, 0.3) is 0 Å². The maximum Gasteiger partial charge on any atom is 0.240 e. The lowest BCUT2D eigenvalue weighted by atomic mass is 10.0. The molecule has 0 radical (unpaired) electrons. The number of anilines is 1. The molecule has 132 valence electrons. The average Bonchev–Trinajstić information content (AvgIpc) is 2.81. The molecular weight excluding hydrogens is 326 g/mol. The Morgan fingerprint density at radius 2 is 2.08 bits per heavy atom. The summed E-state index contributed by atoms with van der Waals surface area (Å²) < 4.78 is 28.2. The number of amides is 1. The highest BCUT2D eigenvalue weighted by atomic mass is 32.2. The van der Waals surface area contributed by atoms with E-state index in [4.69, 9.17) is 0 Å². The number of nitrogens with one attached hydrogen (secondary N) is 2. The quantitative estimate of drug-likeness (QED) is 0.863.